The Morgan fingerprint density at radius 1 is 0.966 bits per heavy atom. The Labute approximate surface area is 181 Å². The van der Waals surface area contributed by atoms with E-state index in [1.165, 1.54) is 11.3 Å². The van der Waals surface area contributed by atoms with E-state index in [0.29, 0.717) is 21.4 Å². The molecule has 2 aromatic carbocycles. The molecule has 0 bridgehead atoms. The Kier molecular flexibility index (Phi) is 5.78. The zero-order valence-corrected chi connectivity index (χ0v) is 17.9. The van der Waals surface area contributed by atoms with Gasteiger partial charge in [-0.05, 0) is 36.2 Å². The first-order chi connectivity index (χ1) is 14.1. The van der Waals surface area contributed by atoms with Crippen LogP contribution in [0.4, 0.5) is 0 Å². The van der Waals surface area contributed by atoms with Crippen molar-refractivity contribution >= 4 is 33.2 Å². The van der Waals surface area contributed by atoms with Crippen molar-refractivity contribution in [3.63, 3.8) is 0 Å². The maximum atomic E-state index is 13.1. The third-order valence-electron chi connectivity index (χ3n) is 4.37. The molecule has 0 fully saturated rings. The van der Waals surface area contributed by atoms with Gasteiger partial charge in [0.05, 0.1) is 11.7 Å². The topological polar surface area (TPSA) is 67.8 Å². The number of carbonyl (C=O) groups excluding carboxylic acids is 1. The third kappa shape index (κ3) is 4.41. The van der Waals surface area contributed by atoms with Crippen molar-refractivity contribution in [2.24, 2.45) is 0 Å². The summed E-state index contributed by atoms with van der Waals surface area (Å²) in [5, 5.41) is 3.80. The summed E-state index contributed by atoms with van der Waals surface area (Å²) in [6.45, 7) is 1.83. The Morgan fingerprint density at radius 2 is 1.62 bits per heavy atom. The van der Waals surface area contributed by atoms with E-state index >= 15 is 0 Å². The maximum absolute atomic E-state index is 13.1. The van der Waals surface area contributed by atoms with Gasteiger partial charge in [0.25, 0.3) is 5.91 Å². The minimum atomic E-state index is -0.269. The number of halogens is 1. The molecule has 1 unspecified atom stereocenters. The van der Waals surface area contributed by atoms with Crippen LogP contribution < -0.4 is 5.32 Å². The normalized spacial score (nSPS) is 11.8. The lowest BCUT2D eigenvalue weighted by atomic mass is 9.98. The van der Waals surface area contributed by atoms with Crippen molar-refractivity contribution in [2.45, 2.75) is 13.0 Å². The highest BCUT2D eigenvalue weighted by Gasteiger charge is 2.22. The molecule has 4 aromatic rings. The highest BCUT2D eigenvalue weighted by molar-refractivity contribution is 9.10. The van der Waals surface area contributed by atoms with E-state index in [9.17, 15) is 4.79 Å². The quantitative estimate of drug-likeness (QED) is 0.441. The van der Waals surface area contributed by atoms with Gasteiger partial charge in [-0.15, -0.1) is 11.3 Å². The first-order valence-corrected chi connectivity index (χ1v) is 10.6. The molecule has 1 N–H and O–H groups in total. The largest absolute Gasteiger partial charge is 0.340 e. The van der Waals surface area contributed by atoms with Crippen LogP contribution in [0.1, 0.15) is 32.5 Å². The number of aryl methyl sites for hydroxylation is 1. The number of nitrogens with zero attached hydrogens (tertiary/aromatic N) is 3. The molecule has 144 valence electrons. The number of benzene rings is 2. The zero-order chi connectivity index (χ0) is 20.2. The molecule has 2 heterocycles. The van der Waals surface area contributed by atoms with Crippen LogP contribution in [-0.4, -0.2) is 20.9 Å². The van der Waals surface area contributed by atoms with Crippen LogP contribution in [-0.2, 0) is 0 Å². The molecule has 0 aliphatic rings. The number of aromatic nitrogens is 3. The van der Waals surface area contributed by atoms with Gasteiger partial charge >= 0.3 is 0 Å². The van der Waals surface area contributed by atoms with Crippen LogP contribution in [0.25, 0.3) is 10.8 Å². The smallest absolute Gasteiger partial charge is 0.264 e. The molecule has 29 heavy (non-hydrogen) atoms. The van der Waals surface area contributed by atoms with Gasteiger partial charge in [0.15, 0.2) is 10.8 Å². The summed E-state index contributed by atoms with van der Waals surface area (Å²) >= 11 is 4.77. The van der Waals surface area contributed by atoms with Crippen LogP contribution in [0.15, 0.2) is 77.5 Å². The van der Waals surface area contributed by atoms with Crippen molar-refractivity contribution in [1.82, 2.24) is 20.3 Å². The fraction of sp³-hybridized carbons (Fsp3) is 0.0909. The lowest BCUT2D eigenvalue weighted by Crippen LogP contribution is -2.29. The van der Waals surface area contributed by atoms with E-state index in [2.05, 4.69) is 36.2 Å². The molecule has 2 aromatic heterocycles. The van der Waals surface area contributed by atoms with Gasteiger partial charge in [-0.2, -0.15) is 0 Å². The van der Waals surface area contributed by atoms with Gasteiger partial charge in [0, 0.05) is 16.9 Å². The van der Waals surface area contributed by atoms with E-state index in [4.69, 9.17) is 0 Å². The lowest BCUT2D eigenvalue weighted by Gasteiger charge is -2.20. The maximum Gasteiger partial charge on any atom is 0.264 e. The average molecular weight is 465 g/mol. The molecule has 0 saturated carbocycles. The Balaban J connectivity index is 1.65. The SMILES string of the molecule is Cc1nc(-c2ncccn2)sc1C(=O)NC(c1ccccc1)c1ccc(Br)cc1. The van der Waals surface area contributed by atoms with E-state index in [-0.39, 0.29) is 11.9 Å². The number of hydrogen-bond donors (Lipinski definition) is 1. The van der Waals surface area contributed by atoms with Gasteiger partial charge in [-0.1, -0.05) is 58.4 Å². The van der Waals surface area contributed by atoms with E-state index in [1.54, 1.807) is 18.5 Å². The summed E-state index contributed by atoms with van der Waals surface area (Å²) in [5.74, 6) is 0.353. The monoisotopic (exact) mass is 464 g/mol. The van der Waals surface area contributed by atoms with Crippen molar-refractivity contribution < 1.29 is 4.79 Å². The number of carbonyl (C=O) groups is 1. The zero-order valence-electron chi connectivity index (χ0n) is 15.5. The van der Waals surface area contributed by atoms with Crippen LogP contribution in [0.5, 0.6) is 0 Å². The Bertz CT molecular complexity index is 1110. The number of thiazole rings is 1. The molecule has 0 aliphatic carbocycles. The summed E-state index contributed by atoms with van der Waals surface area (Å²) in [6, 6.07) is 19.4. The van der Waals surface area contributed by atoms with Crippen LogP contribution in [0.3, 0.4) is 0 Å². The van der Waals surface area contributed by atoms with E-state index in [0.717, 1.165) is 15.6 Å². The van der Waals surface area contributed by atoms with Crippen molar-refractivity contribution in [3.8, 4) is 10.8 Å². The predicted octanol–water partition coefficient (Wildman–Crippen LogP) is 5.19. The lowest BCUT2D eigenvalue weighted by molar-refractivity contribution is 0.0946. The summed E-state index contributed by atoms with van der Waals surface area (Å²) in [6.07, 6.45) is 3.33. The summed E-state index contributed by atoms with van der Waals surface area (Å²) in [5.41, 5.74) is 2.68. The number of rotatable bonds is 5. The molecule has 7 heteroatoms. The van der Waals surface area contributed by atoms with Crippen LogP contribution >= 0.6 is 27.3 Å². The summed E-state index contributed by atoms with van der Waals surface area (Å²) in [7, 11) is 0. The molecule has 1 amide bonds. The predicted molar refractivity (Wildman–Crippen MR) is 118 cm³/mol. The standard InChI is InChI=1S/C22H17BrN4OS/c1-14-19(29-22(26-14)20-24-12-5-13-25-20)21(28)27-18(15-6-3-2-4-7-15)16-8-10-17(23)11-9-16/h2-13,18H,1H3,(H,27,28). The van der Waals surface area contributed by atoms with Gasteiger partial charge in [0.2, 0.25) is 0 Å². The summed E-state index contributed by atoms with van der Waals surface area (Å²) in [4.78, 5) is 26.7. The fourth-order valence-corrected chi connectivity index (χ4v) is 4.15. The highest BCUT2D eigenvalue weighted by Crippen LogP contribution is 2.28. The third-order valence-corrected chi connectivity index (χ3v) is 6.05. The van der Waals surface area contributed by atoms with E-state index in [1.807, 2.05) is 61.5 Å². The first kappa shape index (κ1) is 19.4. The van der Waals surface area contributed by atoms with Crippen LogP contribution in [0.2, 0.25) is 0 Å². The van der Waals surface area contributed by atoms with Crippen molar-refractivity contribution in [3.05, 3.63) is 99.2 Å². The molecule has 0 radical (unpaired) electrons. The molecule has 5 nitrogen and oxygen atoms in total. The molecule has 0 spiro atoms. The highest BCUT2D eigenvalue weighted by atomic mass is 79.9. The molecule has 0 saturated heterocycles. The second kappa shape index (κ2) is 8.63. The van der Waals surface area contributed by atoms with Gasteiger partial charge < -0.3 is 5.32 Å². The minimum Gasteiger partial charge on any atom is -0.340 e. The molecular formula is C22H17BrN4OS. The number of hydrogen-bond acceptors (Lipinski definition) is 5. The molecule has 1 atom stereocenters. The fourth-order valence-electron chi connectivity index (χ4n) is 2.97. The first-order valence-electron chi connectivity index (χ1n) is 8.98. The number of nitrogens with one attached hydrogen (secondary N) is 1. The van der Waals surface area contributed by atoms with Gasteiger partial charge in [-0.3, -0.25) is 4.79 Å². The summed E-state index contributed by atoms with van der Waals surface area (Å²) < 4.78 is 0.991. The second-order valence-electron chi connectivity index (χ2n) is 6.37. The molecular weight excluding hydrogens is 448 g/mol. The minimum absolute atomic E-state index is 0.168. The van der Waals surface area contributed by atoms with Gasteiger partial charge in [0.1, 0.15) is 4.88 Å². The van der Waals surface area contributed by atoms with Crippen molar-refractivity contribution in [1.29, 1.82) is 0 Å². The van der Waals surface area contributed by atoms with Crippen molar-refractivity contribution in [2.75, 3.05) is 0 Å². The molecule has 0 aliphatic heterocycles. The van der Waals surface area contributed by atoms with Gasteiger partial charge in [-0.25, -0.2) is 15.0 Å². The Morgan fingerprint density at radius 3 is 2.31 bits per heavy atom. The molecule has 4 rings (SSSR count). The van der Waals surface area contributed by atoms with Crippen LogP contribution in [0, 0.1) is 6.92 Å². The average Bonchev–Trinajstić information content (AvgIpc) is 3.16. The Hall–Kier alpha value is -2.90. The van der Waals surface area contributed by atoms with E-state index < -0.39 is 0 Å². The second-order valence-corrected chi connectivity index (χ2v) is 8.29. The number of amides is 1.